The van der Waals surface area contributed by atoms with Gasteiger partial charge in [-0.15, -0.1) is 0 Å². The minimum absolute atomic E-state index is 0.0155. The lowest BCUT2D eigenvalue weighted by Gasteiger charge is -2.14. The van der Waals surface area contributed by atoms with Crippen molar-refractivity contribution in [1.82, 2.24) is 4.90 Å². The van der Waals surface area contributed by atoms with Crippen molar-refractivity contribution in [3.05, 3.63) is 67.5 Å². The first-order valence-corrected chi connectivity index (χ1v) is 7.98. The zero-order valence-corrected chi connectivity index (χ0v) is 13.8. The Labute approximate surface area is 149 Å². The Morgan fingerprint density at radius 3 is 2.72 bits per heavy atom. The molecule has 0 bridgehead atoms. The van der Waals surface area contributed by atoms with Crippen molar-refractivity contribution in [3.63, 3.8) is 0 Å². The predicted octanol–water partition coefficient (Wildman–Crippen LogP) is 4.22. The van der Waals surface area contributed by atoms with Crippen LogP contribution in [-0.4, -0.2) is 21.0 Å². The number of carbonyl (C=O) groups is 2. The van der Waals surface area contributed by atoms with Crippen LogP contribution in [0.25, 0.3) is 6.08 Å². The lowest BCUT2D eigenvalue weighted by atomic mass is 10.2. The Bertz CT molecular complexity index is 906. The SMILES string of the molecule is O=C1S/C(=C\c2ccc([N+](=O)[O-])o2)C(=O)N1Cc1c(F)cccc1Cl. The summed E-state index contributed by atoms with van der Waals surface area (Å²) in [4.78, 5) is 35.1. The van der Waals surface area contributed by atoms with Gasteiger partial charge in [-0.3, -0.25) is 24.6 Å². The van der Waals surface area contributed by atoms with Crippen LogP contribution in [0.1, 0.15) is 11.3 Å². The quantitative estimate of drug-likeness (QED) is 0.446. The molecule has 0 saturated carbocycles. The molecule has 128 valence electrons. The number of nitrogens with zero attached hydrogens (tertiary/aromatic N) is 2. The van der Waals surface area contributed by atoms with Crippen molar-refractivity contribution in [2.24, 2.45) is 0 Å². The molecule has 0 aliphatic carbocycles. The first-order chi connectivity index (χ1) is 11.9. The standard InChI is InChI=1S/C15H8ClFN2O5S/c16-10-2-1-3-11(17)9(10)7-18-14(20)12(25-15(18)21)6-8-4-5-13(24-8)19(22)23/h1-6H,7H2/b12-6-. The van der Waals surface area contributed by atoms with E-state index in [2.05, 4.69) is 0 Å². The van der Waals surface area contributed by atoms with Crippen LogP contribution in [0.4, 0.5) is 15.1 Å². The number of benzene rings is 1. The van der Waals surface area contributed by atoms with Crippen molar-refractivity contribution in [1.29, 1.82) is 0 Å². The Morgan fingerprint density at radius 1 is 1.32 bits per heavy atom. The maximum absolute atomic E-state index is 13.8. The maximum atomic E-state index is 13.8. The molecule has 1 fully saturated rings. The first-order valence-electron chi connectivity index (χ1n) is 6.79. The summed E-state index contributed by atoms with van der Waals surface area (Å²) in [6, 6.07) is 6.49. The average Bonchev–Trinajstić information content (AvgIpc) is 3.11. The summed E-state index contributed by atoms with van der Waals surface area (Å²) in [6.07, 6.45) is 1.22. The number of carbonyl (C=O) groups excluding carboxylic acids is 2. The van der Waals surface area contributed by atoms with Gasteiger partial charge in [0, 0.05) is 16.7 Å². The molecule has 2 heterocycles. The van der Waals surface area contributed by atoms with Gasteiger partial charge in [0.05, 0.1) is 17.5 Å². The zero-order valence-electron chi connectivity index (χ0n) is 12.3. The number of rotatable bonds is 4. The third-order valence-corrected chi connectivity index (χ3v) is 4.58. The highest BCUT2D eigenvalue weighted by molar-refractivity contribution is 8.18. The summed E-state index contributed by atoms with van der Waals surface area (Å²) in [5, 5.41) is 10.1. The fraction of sp³-hybridized carbons (Fsp3) is 0.0667. The molecule has 10 heteroatoms. The largest absolute Gasteiger partial charge is 0.433 e. The molecular weight excluding hydrogens is 375 g/mol. The molecule has 1 aromatic heterocycles. The molecule has 2 amide bonds. The normalized spacial score (nSPS) is 16.1. The monoisotopic (exact) mass is 382 g/mol. The van der Waals surface area contributed by atoms with Crippen molar-refractivity contribution in [2.45, 2.75) is 6.54 Å². The second-order valence-corrected chi connectivity index (χ2v) is 6.30. The summed E-state index contributed by atoms with van der Waals surface area (Å²) in [5.41, 5.74) is 0.0290. The van der Waals surface area contributed by atoms with E-state index in [1.807, 2.05) is 0 Å². The van der Waals surface area contributed by atoms with Gasteiger partial charge in [0.15, 0.2) is 0 Å². The van der Waals surface area contributed by atoms with Gasteiger partial charge in [-0.25, -0.2) is 4.39 Å². The maximum Gasteiger partial charge on any atom is 0.433 e. The third-order valence-electron chi connectivity index (χ3n) is 3.32. The molecule has 2 aromatic rings. The van der Waals surface area contributed by atoms with Crippen molar-refractivity contribution < 1.29 is 23.3 Å². The van der Waals surface area contributed by atoms with Gasteiger partial charge in [0.2, 0.25) is 0 Å². The minimum atomic E-state index is -0.719. The highest BCUT2D eigenvalue weighted by Gasteiger charge is 2.36. The van der Waals surface area contributed by atoms with Crippen LogP contribution in [0.3, 0.4) is 0 Å². The first kappa shape index (κ1) is 17.2. The number of hydrogen-bond donors (Lipinski definition) is 0. The van der Waals surface area contributed by atoms with E-state index in [-0.39, 0.29) is 27.8 Å². The number of amides is 2. The fourth-order valence-corrected chi connectivity index (χ4v) is 3.17. The minimum Gasteiger partial charge on any atom is -0.401 e. The van der Waals surface area contributed by atoms with Gasteiger partial charge < -0.3 is 4.42 Å². The summed E-state index contributed by atoms with van der Waals surface area (Å²) in [7, 11) is 0. The Morgan fingerprint density at radius 2 is 2.08 bits per heavy atom. The molecule has 1 aromatic carbocycles. The summed E-state index contributed by atoms with van der Waals surface area (Å²) >= 11 is 6.54. The number of furan rings is 1. The molecule has 1 aliphatic heterocycles. The third kappa shape index (κ3) is 3.42. The second kappa shape index (κ2) is 6.69. The number of thioether (sulfide) groups is 1. The second-order valence-electron chi connectivity index (χ2n) is 4.90. The van der Waals surface area contributed by atoms with Crippen LogP contribution < -0.4 is 0 Å². The molecule has 0 unspecified atom stereocenters. The molecule has 0 radical (unpaired) electrons. The van der Waals surface area contributed by atoms with Gasteiger partial charge in [-0.2, -0.15) is 0 Å². The van der Waals surface area contributed by atoms with E-state index in [0.717, 1.165) is 11.0 Å². The number of nitro groups is 1. The number of imide groups is 1. The smallest absolute Gasteiger partial charge is 0.401 e. The summed E-state index contributed by atoms with van der Waals surface area (Å²) < 4.78 is 18.8. The average molecular weight is 383 g/mol. The van der Waals surface area contributed by atoms with Gasteiger partial charge in [-0.1, -0.05) is 17.7 Å². The molecule has 0 spiro atoms. The van der Waals surface area contributed by atoms with E-state index in [0.29, 0.717) is 11.8 Å². The highest BCUT2D eigenvalue weighted by Crippen LogP contribution is 2.35. The topological polar surface area (TPSA) is 93.7 Å². The van der Waals surface area contributed by atoms with Crippen LogP contribution in [-0.2, 0) is 11.3 Å². The highest BCUT2D eigenvalue weighted by atomic mass is 35.5. The summed E-state index contributed by atoms with van der Waals surface area (Å²) in [6.45, 7) is -0.314. The van der Waals surface area contributed by atoms with E-state index < -0.39 is 27.8 Å². The van der Waals surface area contributed by atoms with Crippen LogP contribution >= 0.6 is 23.4 Å². The fourth-order valence-electron chi connectivity index (χ4n) is 2.12. The van der Waals surface area contributed by atoms with E-state index in [1.54, 1.807) is 0 Å². The van der Waals surface area contributed by atoms with E-state index in [1.165, 1.54) is 30.3 Å². The van der Waals surface area contributed by atoms with Gasteiger partial charge in [0.1, 0.15) is 16.5 Å². The van der Waals surface area contributed by atoms with Crippen LogP contribution in [0.2, 0.25) is 5.02 Å². The van der Waals surface area contributed by atoms with Crippen molar-refractivity contribution >= 4 is 46.5 Å². The molecule has 1 aliphatic rings. The van der Waals surface area contributed by atoms with E-state index >= 15 is 0 Å². The zero-order chi connectivity index (χ0) is 18.1. The molecule has 1 saturated heterocycles. The molecule has 3 rings (SSSR count). The number of hydrogen-bond acceptors (Lipinski definition) is 6. The molecular formula is C15H8ClFN2O5S. The number of halogens is 2. The van der Waals surface area contributed by atoms with Gasteiger partial charge in [0.25, 0.3) is 11.1 Å². The molecule has 0 N–H and O–H groups in total. The van der Waals surface area contributed by atoms with Crippen LogP contribution in [0, 0.1) is 15.9 Å². The Balaban J connectivity index is 1.84. The van der Waals surface area contributed by atoms with E-state index in [4.69, 9.17) is 16.0 Å². The predicted molar refractivity (Wildman–Crippen MR) is 88.3 cm³/mol. The molecule has 25 heavy (non-hydrogen) atoms. The van der Waals surface area contributed by atoms with E-state index in [9.17, 15) is 24.1 Å². The van der Waals surface area contributed by atoms with Crippen LogP contribution in [0.5, 0.6) is 0 Å². The van der Waals surface area contributed by atoms with Gasteiger partial charge in [-0.05, 0) is 30.0 Å². The van der Waals surface area contributed by atoms with Crippen LogP contribution in [0.15, 0.2) is 39.7 Å². The van der Waals surface area contributed by atoms with Crippen molar-refractivity contribution in [2.75, 3.05) is 0 Å². The Hall–Kier alpha value is -2.65. The lowest BCUT2D eigenvalue weighted by Crippen LogP contribution is -2.28. The molecule has 0 atom stereocenters. The van der Waals surface area contributed by atoms with Gasteiger partial charge >= 0.3 is 5.88 Å². The Kier molecular flexibility index (Phi) is 4.60. The lowest BCUT2D eigenvalue weighted by molar-refractivity contribution is -0.402. The summed E-state index contributed by atoms with van der Waals surface area (Å²) in [5.74, 6) is -1.71. The molecule has 7 nitrogen and oxygen atoms in total. The van der Waals surface area contributed by atoms with Crippen molar-refractivity contribution in [3.8, 4) is 0 Å².